The van der Waals surface area contributed by atoms with Crippen LogP contribution in [0.4, 0.5) is 0 Å². The molecule has 1 aliphatic heterocycles. The van der Waals surface area contributed by atoms with E-state index in [2.05, 4.69) is 4.90 Å². The SMILES string of the molecule is Cc1ccc(S(=O)(=O)OCC2CN(CC3CC3)CCO2)cc1. The smallest absolute Gasteiger partial charge is 0.297 e. The van der Waals surface area contributed by atoms with Crippen LogP contribution in [-0.4, -0.2) is 52.3 Å². The van der Waals surface area contributed by atoms with Crippen LogP contribution in [0.1, 0.15) is 18.4 Å². The molecule has 22 heavy (non-hydrogen) atoms. The Labute approximate surface area is 132 Å². The predicted octanol–water partition coefficient (Wildman–Crippen LogP) is 1.81. The van der Waals surface area contributed by atoms with Gasteiger partial charge in [-0.25, -0.2) is 0 Å². The average molecular weight is 325 g/mol. The lowest BCUT2D eigenvalue weighted by molar-refractivity contribution is -0.0480. The van der Waals surface area contributed by atoms with Gasteiger partial charge in [-0.05, 0) is 37.8 Å². The van der Waals surface area contributed by atoms with Crippen molar-refractivity contribution in [3.63, 3.8) is 0 Å². The van der Waals surface area contributed by atoms with Gasteiger partial charge < -0.3 is 4.74 Å². The van der Waals surface area contributed by atoms with Crippen LogP contribution in [0.15, 0.2) is 29.2 Å². The Morgan fingerprint density at radius 3 is 2.68 bits per heavy atom. The third-order valence-corrected chi connectivity index (χ3v) is 5.45. The highest BCUT2D eigenvalue weighted by Gasteiger charge is 2.29. The minimum Gasteiger partial charge on any atom is -0.373 e. The van der Waals surface area contributed by atoms with Crippen LogP contribution in [0, 0.1) is 12.8 Å². The fourth-order valence-corrected chi connectivity index (χ4v) is 3.59. The van der Waals surface area contributed by atoms with Gasteiger partial charge in [0.25, 0.3) is 10.1 Å². The largest absolute Gasteiger partial charge is 0.373 e. The van der Waals surface area contributed by atoms with E-state index >= 15 is 0 Å². The minimum atomic E-state index is -3.70. The fraction of sp³-hybridized carbons (Fsp3) is 0.625. The molecule has 0 N–H and O–H groups in total. The van der Waals surface area contributed by atoms with Crippen LogP contribution in [0.2, 0.25) is 0 Å². The van der Waals surface area contributed by atoms with Crippen LogP contribution in [0.3, 0.4) is 0 Å². The first-order chi connectivity index (χ1) is 10.5. The normalized spacial score (nSPS) is 23.6. The summed E-state index contributed by atoms with van der Waals surface area (Å²) < 4.78 is 35.1. The second-order valence-corrected chi connectivity index (χ2v) is 7.86. The molecule has 0 radical (unpaired) electrons. The van der Waals surface area contributed by atoms with Gasteiger partial charge in [-0.3, -0.25) is 9.08 Å². The second-order valence-electron chi connectivity index (χ2n) is 6.25. The fourth-order valence-electron chi connectivity index (χ4n) is 2.65. The summed E-state index contributed by atoms with van der Waals surface area (Å²) >= 11 is 0. The molecule has 1 aromatic rings. The summed E-state index contributed by atoms with van der Waals surface area (Å²) in [7, 11) is -3.70. The molecule has 0 amide bonds. The lowest BCUT2D eigenvalue weighted by atomic mass is 10.2. The molecule has 6 heteroatoms. The second kappa shape index (κ2) is 6.66. The highest BCUT2D eigenvalue weighted by atomic mass is 32.2. The summed E-state index contributed by atoms with van der Waals surface area (Å²) in [6.07, 6.45) is 2.47. The zero-order valence-corrected chi connectivity index (χ0v) is 13.7. The van der Waals surface area contributed by atoms with E-state index in [0.29, 0.717) is 6.61 Å². The summed E-state index contributed by atoms with van der Waals surface area (Å²) in [5.41, 5.74) is 1.02. The molecule has 0 bridgehead atoms. The Balaban J connectivity index is 1.53. The van der Waals surface area contributed by atoms with Gasteiger partial charge in [-0.1, -0.05) is 17.7 Å². The predicted molar refractivity (Wildman–Crippen MR) is 83.2 cm³/mol. The first-order valence-electron chi connectivity index (χ1n) is 7.83. The van der Waals surface area contributed by atoms with Crippen LogP contribution in [0.5, 0.6) is 0 Å². The summed E-state index contributed by atoms with van der Waals surface area (Å²) in [5, 5.41) is 0. The van der Waals surface area contributed by atoms with Gasteiger partial charge in [0.15, 0.2) is 0 Å². The van der Waals surface area contributed by atoms with Crippen molar-refractivity contribution in [2.45, 2.75) is 30.8 Å². The van der Waals surface area contributed by atoms with Crippen LogP contribution < -0.4 is 0 Å². The van der Waals surface area contributed by atoms with Gasteiger partial charge in [0.2, 0.25) is 0 Å². The molecule has 1 saturated carbocycles. The molecule has 1 heterocycles. The van der Waals surface area contributed by atoms with Gasteiger partial charge >= 0.3 is 0 Å². The van der Waals surface area contributed by atoms with E-state index in [9.17, 15) is 8.42 Å². The minimum absolute atomic E-state index is 0.0807. The molecule has 0 aromatic heterocycles. The molecule has 122 valence electrons. The van der Waals surface area contributed by atoms with Crippen molar-refractivity contribution in [3.8, 4) is 0 Å². The Morgan fingerprint density at radius 1 is 1.27 bits per heavy atom. The summed E-state index contributed by atoms with van der Waals surface area (Å²) in [4.78, 5) is 2.55. The zero-order valence-electron chi connectivity index (χ0n) is 12.9. The first kappa shape index (κ1) is 15.9. The quantitative estimate of drug-likeness (QED) is 0.747. The first-order valence-corrected chi connectivity index (χ1v) is 9.24. The Kier molecular flexibility index (Phi) is 4.82. The average Bonchev–Trinajstić information content (AvgIpc) is 3.30. The zero-order chi connectivity index (χ0) is 15.6. The van der Waals surface area contributed by atoms with Crippen molar-refractivity contribution in [1.82, 2.24) is 4.90 Å². The van der Waals surface area contributed by atoms with E-state index in [1.165, 1.54) is 12.8 Å². The summed E-state index contributed by atoms with van der Waals surface area (Å²) in [6, 6.07) is 6.69. The lowest BCUT2D eigenvalue weighted by Gasteiger charge is -2.32. The molecule has 2 fully saturated rings. The number of benzene rings is 1. The van der Waals surface area contributed by atoms with E-state index in [0.717, 1.165) is 31.1 Å². The molecular formula is C16H23NO4S. The van der Waals surface area contributed by atoms with Gasteiger partial charge in [0, 0.05) is 19.6 Å². The summed E-state index contributed by atoms with van der Waals surface area (Å²) in [5.74, 6) is 0.830. The number of hydrogen-bond donors (Lipinski definition) is 0. The topological polar surface area (TPSA) is 55.8 Å². The van der Waals surface area contributed by atoms with Crippen molar-refractivity contribution in [2.75, 3.05) is 32.8 Å². The van der Waals surface area contributed by atoms with Crippen LogP contribution in [0.25, 0.3) is 0 Å². The third-order valence-electron chi connectivity index (χ3n) is 4.15. The van der Waals surface area contributed by atoms with E-state index in [1.54, 1.807) is 24.3 Å². The molecule has 1 aromatic carbocycles. The van der Waals surface area contributed by atoms with E-state index < -0.39 is 10.1 Å². The Morgan fingerprint density at radius 2 is 2.00 bits per heavy atom. The maximum absolute atomic E-state index is 12.2. The van der Waals surface area contributed by atoms with E-state index in [-0.39, 0.29) is 17.6 Å². The standard InChI is InChI=1S/C16H23NO4S/c1-13-2-6-16(7-3-13)22(18,19)21-12-15-11-17(8-9-20-15)10-14-4-5-14/h2-3,6-7,14-15H,4-5,8-12H2,1H3. The molecular weight excluding hydrogens is 302 g/mol. The molecule has 2 aliphatic rings. The molecule has 1 saturated heterocycles. The number of nitrogens with zero attached hydrogens (tertiary/aromatic N) is 1. The van der Waals surface area contributed by atoms with Gasteiger partial charge in [-0.15, -0.1) is 0 Å². The Bertz CT molecular complexity index is 595. The number of hydrogen-bond acceptors (Lipinski definition) is 5. The van der Waals surface area contributed by atoms with E-state index in [1.807, 2.05) is 6.92 Å². The van der Waals surface area contributed by atoms with Gasteiger partial charge in [-0.2, -0.15) is 8.42 Å². The monoisotopic (exact) mass is 325 g/mol. The number of ether oxygens (including phenoxy) is 1. The highest BCUT2D eigenvalue weighted by Crippen LogP contribution is 2.30. The molecule has 1 unspecified atom stereocenters. The lowest BCUT2D eigenvalue weighted by Crippen LogP contribution is -2.45. The number of morpholine rings is 1. The molecule has 1 aliphatic carbocycles. The van der Waals surface area contributed by atoms with Crippen molar-refractivity contribution >= 4 is 10.1 Å². The van der Waals surface area contributed by atoms with Crippen LogP contribution >= 0.6 is 0 Å². The summed E-state index contributed by atoms with van der Waals surface area (Å²) in [6.45, 7) is 5.42. The molecule has 0 spiro atoms. The Hall–Kier alpha value is -0.950. The molecule has 1 atom stereocenters. The maximum atomic E-state index is 12.2. The third kappa shape index (κ3) is 4.29. The molecule has 3 rings (SSSR count). The number of rotatable bonds is 6. The molecule has 5 nitrogen and oxygen atoms in total. The van der Waals surface area contributed by atoms with Crippen molar-refractivity contribution < 1.29 is 17.3 Å². The van der Waals surface area contributed by atoms with E-state index in [4.69, 9.17) is 8.92 Å². The maximum Gasteiger partial charge on any atom is 0.297 e. The van der Waals surface area contributed by atoms with Gasteiger partial charge in [0.1, 0.15) is 0 Å². The highest BCUT2D eigenvalue weighted by molar-refractivity contribution is 7.86. The number of aryl methyl sites for hydroxylation is 1. The van der Waals surface area contributed by atoms with Crippen molar-refractivity contribution in [1.29, 1.82) is 0 Å². The van der Waals surface area contributed by atoms with Crippen molar-refractivity contribution in [2.24, 2.45) is 5.92 Å². The van der Waals surface area contributed by atoms with Crippen LogP contribution in [-0.2, 0) is 19.0 Å². The van der Waals surface area contributed by atoms with Crippen molar-refractivity contribution in [3.05, 3.63) is 29.8 Å². The van der Waals surface area contributed by atoms with Gasteiger partial charge in [0.05, 0.1) is 24.2 Å².